The van der Waals surface area contributed by atoms with Gasteiger partial charge in [-0.05, 0) is 48.4 Å². The van der Waals surface area contributed by atoms with Crippen LogP contribution in [0.1, 0.15) is 24.1 Å². The fourth-order valence-corrected chi connectivity index (χ4v) is 4.09. The summed E-state index contributed by atoms with van der Waals surface area (Å²) in [6.45, 7) is 7.10. The van der Waals surface area contributed by atoms with Gasteiger partial charge in [-0.2, -0.15) is 4.72 Å². The van der Waals surface area contributed by atoms with Gasteiger partial charge >= 0.3 is 0 Å². The van der Waals surface area contributed by atoms with Crippen molar-refractivity contribution in [2.24, 2.45) is 0 Å². The first-order valence-electron chi connectivity index (χ1n) is 8.55. The fourth-order valence-electron chi connectivity index (χ4n) is 2.87. The number of carbonyl (C=O) groups excluding carboxylic acids is 1. The summed E-state index contributed by atoms with van der Waals surface area (Å²) in [5, 5.41) is 2.00. The van der Waals surface area contributed by atoms with Gasteiger partial charge in [0.1, 0.15) is 0 Å². The van der Waals surface area contributed by atoms with Crippen molar-refractivity contribution in [1.82, 2.24) is 4.72 Å². The minimum absolute atomic E-state index is 0.148. The van der Waals surface area contributed by atoms with E-state index in [-0.39, 0.29) is 16.3 Å². The summed E-state index contributed by atoms with van der Waals surface area (Å²) in [6.07, 6.45) is 0. The van der Waals surface area contributed by atoms with E-state index in [0.717, 1.165) is 16.3 Å². The van der Waals surface area contributed by atoms with Crippen LogP contribution < -0.4 is 4.72 Å². The molecule has 1 atom stereocenters. The fraction of sp³-hybridized carbons (Fsp3) is 0.136. The topological polar surface area (TPSA) is 63.2 Å². The van der Waals surface area contributed by atoms with Gasteiger partial charge in [0, 0.05) is 5.57 Å². The number of hydrogen-bond acceptors (Lipinski definition) is 3. The number of rotatable bonds is 6. The van der Waals surface area contributed by atoms with Crippen LogP contribution in [-0.2, 0) is 14.8 Å². The van der Waals surface area contributed by atoms with Gasteiger partial charge in [-0.25, -0.2) is 8.42 Å². The molecule has 138 valence electrons. The van der Waals surface area contributed by atoms with Gasteiger partial charge in [0.2, 0.25) is 10.0 Å². The Hall–Kier alpha value is -2.76. The van der Waals surface area contributed by atoms with Crippen molar-refractivity contribution >= 4 is 26.6 Å². The van der Waals surface area contributed by atoms with Crippen LogP contribution in [0.5, 0.6) is 0 Å². The number of Topliss-reactive ketones (excluding diaryl/α,β-unsaturated/α-hetero) is 1. The maximum Gasteiger partial charge on any atom is 0.241 e. The summed E-state index contributed by atoms with van der Waals surface area (Å²) in [5.41, 5.74) is 1.83. The van der Waals surface area contributed by atoms with Crippen LogP contribution in [0.25, 0.3) is 10.8 Å². The largest absolute Gasteiger partial charge is 0.295 e. The van der Waals surface area contributed by atoms with Gasteiger partial charge in [0.05, 0.1) is 10.9 Å². The molecule has 3 aromatic rings. The number of aryl methyl sites for hydroxylation is 1. The van der Waals surface area contributed by atoms with Crippen LogP contribution in [0.15, 0.2) is 83.8 Å². The smallest absolute Gasteiger partial charge is 0.241 e. The Morgan fingerprint density at radius 2 is 1.59 bits per heavy atom. The minimum atomic E-state index is -3.82. The molecule has 0 unspecified atom stereocenters. The maximum atomic E-state index is 12.9. The molecular formula is C22H21NO3S. The summed E-state index contributed by atoms with van der Waals surface area (Å²) in [5.74, 6) is -0.264. The first-order chi connectivity index (χ1) is 12.8. The van der Waals surface area contributed by atoms with Crippen LogP contribution in [-0.4, -0.2) is 14.2 Å². The first-order valence-corrected chi connectivity index (χ1v) is 10.0. The normalized spacial score (nSPS) is 12.7. The van der Waals surface area contributed by atoms with Crippen LogP contribution in [0.4, 0.5) is 0 Å². The Kier molecular flexibility index (Phi) is 5.26. The molecule has 0 saturated carbocycles. The van der Waals surface area contributed by atoms with Crippen LogP contribution >= 0.6 is 0 Å². The van der Waals surface area contributed by atoms with Crippen LogP contribution in [0.2, 0.25) is 0 Å². The lowest BCUT2D eigenvalue weighted by molar-refractivity contribution is -0.113. The molecule has 0 aromatic heterocycles. The molecule has 0 aliphatic heterocycles. The van der Waals surface area contributed by atoms with E-state index in [4.69, 9.17) is 0 Å². The Bertz CT molecular complexity index is 1120. The van der Waals surface area contributed by atoms with Crippen molar-refractivity contribution in [3.8, 4) is 0 Å². The van der Waals surface area contributed by atoms with Gasteiger partial charge in [0.25, 0.3) is 0 Å². The zero-order valence-electron chi connectivity index (χ0n) is 15.3. The van der Waals surface area contributed by atoms with Gasteiger partial charge in [-0.3, -0.25) is 4.79 Å². The Morgan fingerprint density at radius 3 is 2.22 bits per heavy atom. The van der Waals surface area contributed by atoms with E-state index in [9.17, 15) is 13.2 Å². The van der Waals surface area contributed by atoms with E-state index in [1.54, 1.807) is 24.3 Å². The number of fused-ring (bicyclic) bond motifs is 1. The number of nitrogens with one attached hydrogen (secondary N) is 1. The average Bonchev–Trinajstić information content (AvgIpc) is 2.65. The van der Waals surface area contributed by atoms with Crippen molar-refractivity contribution in [3.05, 3.63) is 90.0 Å². The van der Waals surface area contributed by atoms with Crippen LogP contribution in [0, 0.1) is 6.92 Å². The lowest BCUT2D eigenvalue weighted by Crippen LogP contribution is -2.31. The van der Waals surface area contributed by atoms with Crippen molar-refractivity contribution in [3.63, 3.8) is 0 Å². The molecule has 0 radical (unpaired) electrons. The van der Waals surface area contributed by atoms with Crippen LogP contribution in [0.3, 0.4) is 0 Å². The van der Waals surface area contributed by atoms with E-state index in [1.807, 2.05) is 49.4 Å². The molecule has 3 aromatic carbocycles. The summed E-state index contributed by atoms with van der Waals surface area (Å²) in [4.78, 5) is 12.1. The third-order valence-electron chi connectivity index (χ3n) is 4.51. The quantitative estimate of drug-likeness (QED) is 0.649. The standard InChI is InChI=1S/C22H21NO3S/c1-15-8-12-21(13-9-15)27(25,26)23-22(16(2)17(3)24)20-11-10-18-6-4-5-7-19(18)14-20/h4-14,22-23H,2H2,1,3H3/t22-/m0/s1. The second kappa shape index (κ2) is 7.47. The molecule has 0 heterocycles. The summed E-state index contributed by atoms with van der Waals surface area (Å²) in [6, 6.07) is 19.1. The number of carbonyl (C=O) groups is 1. The van der Waals surface area contributed by atoms with Gasteiger partial charge in [-0.1, -0.05) is 60.7 Å². The zero-order chi connectivity index (χ0) is 19.6. The summed E-state index contributed by atoms with van der Waals surface area (Å²) in [7, 11) is -3.82. The van der Waals surface area contributed by atoms with E-state index < -0.39 is 16.1 Å². The highest BCUT2D eigenvalue weighted by Gasteiger charge is 2.25. The lowest BCUT2D eigenvalue weighted by atomic mass is 9.96. The molecule has 0 amide bonds. The zero-order valence-corrected chi connectivity index (χ0v) is 16.1. The molecule has 27 heavy (non-hydrogen) atoms. The van der Waals surface area contributed by atoms with Gasteiger partial charge < -0.3 is 0 Å². The van der Waals surface area contributed by atoms with E-state index >= 15 is 0 Å². The lowest BCUT2D eigenvalue weighted by Gasteiger charge is -2.21. The third-order valence-corrected chi connectivity index (χ3v) is 5.95. The molecule has 0 bridgehead atoms. The summed E-state index contributed by atoms with van der Waals surface area (Å²) >= 11 is 0. The number of sulfonamides is 1. The highest BCUT2D eigenvalue weighted by Crippen LogP contribution is 2.27. The van der Waals surface area contributed by atoms with Gasteiger partial charge in [0.15, 0.2) is 5.78 Å². The SMILES string of the molecule is C=C(C(C)=O)[C@H](NS(=O)(=O)c1ccc(C)cc1)c1ccc2ccccc2c1. The van der Waals surface area contributed by atoms with E-state index in [1.165, 1.54) is 6.92 Å². The molecule has 0 aliphatic carbocycles. The third kappa shape index (κ3) is 4.15. The number of ketones is 1. The van der Waals surface area contributed by atoms with E-state index in [0.29, 0.717) is 5.56 Å². The molecule has 0 saturated heterocycles. The highest BCUT2D eigenvalue weighted by atomic mass is 32.2. The Balaban J connectivity index is 2.04. The molecule has 0 fully saturated rings. The second-order valence-corrected chi connectivity index (χ2v) is 8.27. The molecule has 1 N–H and O–H groups in total. The molecule has 3 rings (SSSR count). The molecule has 4 nitrogen and oxygen atoms in total. The molecular weight excluding hydrogens is 358 g/mol. The van der Waals surface area contributed by atoms with E-state index in [2.05, 4.69) is 11.3 Å². The predicted molar refractivity (Wildman–Crippen MR) is 108 cm³/mol. The van der Waals surface area contributed by atoms with Crippen molar-refractivity contribution in [2.75, 3.05) is 0 Å². The predicted octanol–water partition coefficient (Wildman–Crippen LogP) is 4.31. The first kappa shape index (κ1) is 19.0. The maximum absolute atomic E-state index is 12.9. The van der Waals surface area contributed by atoms with Crippen molar-refractivity contribution in [1.29, 1.82) is 0 Å². The summed E-state index contributed by atoms with van der Waals surface area (Å²) < 4.78 is 28.4. The van der Waals surface area contributed by atoms with Crippen molar-refractivity contribution < 1.29 is 13.2 Å². The number of hydrogen-bond donors (Lipinski definition) is 1. The average molecular weight is 379 g/mol. The highest BCUT2D eigenvalue weighted by molar-refractivity contribution is 7.89. The monoisotopic (exact) mass is 379 g/mol. The second-order valence-electron chi connectivity index (χ2n) is 6.56. The molecule has 5 heteroatoms. The Morgan fingerprint density at radius 1 is 0.963 bits per heavy atom. The minimum Gasteiger partial charge on any atom is -0.295 e. The van der Waals surface area contributed by atoms with Crippen molar-refractivity contribution in [2.45, 2.75) is 24.8 Å². The number of benzene rings is 3. The molecule has 0 spiro atoms. The van der Waals surface area contributed by atoms with Gasteiger partial charge in [-0.15, -0.1) is 0 Å². The molecule has 0 aliphatic rings. The Labute approximate surface area is 159 Å².